The van der Waals surface area contributed by atoms with Gasteiger partial charge in [-0.2, -0.15) is 0 Å². The number of hydrogen-bond acceptors (Lipinski definition) is 4. The molecule has 0 spiro atoms. The molecule has 1 N–H and O–H groups in total. The summed E-state index contributed by atoms with van der Waals surface area (Å²) in [4.78, 5) is 14.6. The van der Waals surface area contributed by atoms with E-state index in [0.29, 0.717) is 12.5 Å². The number of piperidine rings is 1. The predicted octanol–water partition coefficient (Wildman–Crippen LogP) is 2.54. The molecular weight excluding hydrogens is 352 g/mol. The summed E-state index contributed by atoms with van der Waals surface area (Å²) in [6.45, 7) is 1.26. The van der Waals surface area contributed by atoms with Crippen LogP contribution in [0.2, 0.25) is 0 Å². The fourth-order valence-electron chi connectivity index (χ4n) is 3.42. The van der Waals surface area contributed by atoms with Crippen molar-refractivity contribution < 1.29 is 13.6 Å². The summed E-state index contributed by atoms with van der Waals surface area (Å²) in [6.07, 6.45) is 3.47. The molecule has 3 heterocycles. The summed E-state index contributed by atoms with van der Waals surface area (Å²) in [6, 6.07) is 8.90. The molecular formula is C19H19F2N5O. The van der Waals surface area contributed by atoms with Crippen molar-refractivity contribution >= 4 is 17.5 Å². The van der Waals surface area contributed by atoms with Gasteiger partial charge in [-0.3, -0.25) is 9.20 Å². The van der Waals surface area contributed by atoms with Crippen LogP contribution >= 0.6 is 0 Å². The first-order valence-electron chi connectivity index (χ1n) is 8.88. The second-order valence-electron chi connectivity index (χ2n) is 6.67. The molecule has 0 bridgehead atoms. The van der Waals surface area contributed by atoms with Gasteiger partial charge in [0.15, 0.2) is 5.65 Å². The zero-order valence-corrected chi connectivity index (χ0v) is 14.6. The first-order valence-corrected chi connectivity index (χ1v) is 8.88. The number of halogens is 2. The fraction of sp³-hybridized carbons (Fsp3) is 0.316. The summed E-state index contributed by atoms with van der Waals surface area (Å²) in [7, 11) is 0. The van der Waals surface area contributed by atoms with Crippen LogP contribution in [0.25, 0.3) is 5.65 Å². The van der Waals surface area contributed by atoms with Gasteiger partial charge in [0, 0.05) is 31.4 Å². The number of aromatic nitrogens is 3. The SMILES string of the molecule is O=C(NCc1cc(F)ccc1F)[C@H]1CCCN(c2nnc3ccccn23)C1. The van der Waals surface area contributed by atoms with Gasteiger partial charge in [-0.15, -0.1) is 10.2 Å². The quantitative estimate of drug-likeness (QED) is 0.766. The number of carbonyl (C=O) groups is 1. The molecule has 1 amide bonds. The Morgan fingerprint density at radius 3 is 3.00 bits per heavy atom. The standard InChI is InChI=1S/C19H19F2N5O/c20-15-6-7-16(21)14(10-15)11-22-18(27)13-4-3-8-25(12-13)19-24-23-17-5-1-2-9-26(17)19/h1-2,5-7,9-10,13H,3-4,8,11-12H2,(H,22,27)/t13-/m0/s1. The molecule has 1 aromatic carbocycles. The van der Waals surface area contributed by atoms with E-state index in [4.69, 9.17) is 0 Å². The number of nitrogens with one attached hydrogen (secondary N) is 1. The van der Waals surface area contributed by atoms with E-state index in [-0.39, 0.29) is 23.9 Å². The van der Waals surface area contributed by atoms with Crippen LogP contribution in [0.1, 0.15) is 18.4 Å². The summed E-state index contributed by atoms with van der Waals surface area (Å²) in [5.41, 5.74) is 0.889. The fourth-order valence-corrected chi connectivity index (χ4v) is 3.42. The van der Waals surface area contributed by atoms with E-state index in [1.165, 1.54) is 0 Å². The highest BCUT2D eigenvalue weighted by Gasteiger charge is 2.28. The van der Waals surface area contributed by atoms with Gasteiger partial charge in [-0.25, -0.2) is 8.78 Å². The van der Waals surface area contributed by atoms with Gasteiger partial charge in [0.2, 0.25) is 11.9 Å². The number of amides is 1. The van der Waals surface area contributed by atoms with Gasteiger partial charge >= 0.3 is 0 Å². The van der Waals surface area contributed by atoms with Gasteiger partial charge in [0.1, 0.15) is 11.6 Å². The van der Waals surface area contributed by atoms with Crippen molar-refractivity contribution in [2.45, 2.75) is 19.4 Å². The van der Waals surface area contributed by atoms with Gasteiger partial charge < -0.3 is 10.2 Å². The first-order chi connectivity index (χ1) is 13.1. The molecule has 8 heteroatoms. The van der Waals surface area contributed by atoms with Crippen molar-refractivity contribution in [3.05, 3.63) is 59.8 Å². The van der Waals surface area contributed by atoms with E-state index in [0.717, 1.165) is 43.2 Å². The maximum Gasteiger partial charge on any atom is 0.231 e. The molecule has 1 atom stereocenters. The molecule has 140 valence electrons. The molecule has 1 fully saturated rings. The third-order valence-electron chi connectivity index (χ3n) is 4.83. The molecule has 0 radical (unpaired) electrons. The van der Waals surface area contributed by atoms with Crippen LogP contribution < -0.4 is 10.2 Å². The van der Waals surface area contributed by atoms with Gasteiger partial charge in [0.25, 0.3) is 0 Å². The Balaban J connectivity index is 1.43. The molecule has 6 nitrogen and oxygen atoms in total. The number of hydrogen-bond donors (Lipinski definition) is 1. The Morgan fingerprint density at radius 2 is 2.11 bits per heavy atom. The lowest BCUT2D eigenvalue weighted by molar-refractivity contribution is -0.125. The Morgan fingerprint density at radius 1 is 1.22 bits per heavy atom. The molecule has 1 aliphatic heterocycles. The average Bonchev–Trinajstić information content (AvgIpc) is 3.13. The molecule has 0 aliphatic carbocycles. The summed E-state index contributed by atoms with van der Waals surface area (Å²) in [5, 5.41) is 11.1. The second kappa shape index (κ2) is 7.30. The Hall–Kier alpha value is -3.03. The van der Waals surface area contributed by atoms with Crippen molar-refractivity contribution in [3.63, 3.8) is 0 Å². The van der Waals surface area contributed by atoms with Crippen LogP contribution in [0.3, 0.4) is 0 Å². The van der Waals surface area contributed by atoms with Crippen molar-refractivity contribution in [1.82, 2.24) is 19.9 Å². The maximum atomic E-state index is 13.7. The summed E-state index contributed by atoms with van der Waals surface area (Å²) < 4.78 is 28.9. The molecule has 4 rings (SSSR count). The van der Waals surface area contributed by atoms with E-state index in [1.807, 2.05) is 33.7 Å². The minimum absolute atomic E-state index is 0.0349. The molecule has 0 saturated carbocycles. The number of benzene rings is 1. The van der Waals surface area contributed by atoms with Crippen molar-refractivity contribution in [2.24, 2.45) is 5.92 Å². The topological polar surface area (TPSA) is 62.5 Å². The number of carbonyl (C=O) groups excluding carboxylic acids is 1. The molecule has 0 unspecified atom stereocenters. The molecule has 3 aromatic rings. The Bertz CT molecular complexity index is 974. The highest BCUT2D eigenvalue weighted by atomic mass is 19.1. The van der Waals surface area contributed by atoms with Gasteiger partial charge in [0.05, 0.1) is 5.92 Å². The van der Waals surface area contributed by atoms with Crippen LogP contribution in [-0.2, 0) is 11.3 Å². The largest absolute Gasteiger partial charge is 0.352 e. The minimum atomic E-state index is -0.531. The van der Waals surface area contributed by atoms with E-state index < -0.39 is 11.6 Å². The third kappa shape index (κ3) is 3.60. The van der Waals surface area contributed by atoms with Crippen molar-refractivity contribution in [3.8, 4) is 0 Å². The van der Waals surface area contributed by atoms with Gasteiger partial charge in [-0.05, 0) is 43.2 Å². The minimum Gasteiger partial charge on any atom is -0.352 e. The molecule has 1 saturated heterocycles. The normalized spacial score (nSPS) is 17.3. The van der Waals surface area contributed by atoms with E-state index in [2.05, 4.69) is 15.5 Å². The Labute approximate surface area is 154 Å². The average molecular weight is 371 g/mol. The predicted molar refractivity (Wildman–Crippen MR) is 96.1 cm³/mol. The van der Waals surface area contributed by atoms with Crippen LogP contribution in [0, 0.1) is 17.6 Å². The lowest BCUT2D eigenvalue weighted by Gasteiger charge is -2.32. The smallest absolute Gasteiger partial charge is 0.231 e. The van der Waals surface area contributed by atoms with Gasteiger partial charge in [-0.1, -0.05) is 6.07 Å². The molecule has 2 aromatic heterocycles. The number of nitrogens with zero attached hydrogens (tertiary/aromatic N) is 4. The highest BCUT2D eigenvalue weighted by Crippen LogP contribution is 2.22. The van der Waals surface area contributed by atoms with E-state index >= 15 is 0 Å². The summed E-state index contributed by atoms with van der Waals surface area (Å²) >= 11 is 0. The third-order valence-corrected chi connectivity index (χ3v) is 4.83. The monoisotopic (exact) mass is 371 g/mol. The van der Waals surface area contributed by atoms with Crippen LogP contribution in [0.5, 0.6) is 0 Å². The Kier molecular flexibility index (Phi) is 4.70. The number of anilines is 1. The lowest BCUT2D eigenvalue weighted by atomic mass is 9.97. The second-order valence-corrected chi connectivity index (χ2v) is 6.67. The van der Waals surface area contributed by atoms with E-state index in [9.17, 15) is 13.6 Å². The van der Waals surface area contributed by atoms with Crippen LogP contribution in [-0.4, -0.2) is 33.6 Å². The number of pyridine rings is 1. The maximum absolute atomic E-state index is 13.7. The summed E-state index contributed by atoms with van der Waals surface area (Å²) in [5.74, 6) is -0.761. The highest BCUT2D eigenvalue weighted by molar-refractivity contribution is 5.79. The molecule has 27 heavy (non-hydrogen) atoms. The number of fused-ring (bicyclic) bond motifs is 1. The zero-order valence-electron chi connectivity index (χ0n) is 14.6. The lowest BCUT2D eigenvalue weighted by Crippen LogP contribution is -2.43. The molecule has 1 aliphatic rings. The van der Waals surface area contributed by atoms with Crippen molar-refractivity contribution in [1.29, 1.82) is 0 Å². The van der Waals surface area contributed by atoms with Crippen molar-refractivity contribution in [2.75, 3.05) is 18.0 Å². The van der Waals surface area contributed by atoms with Crippen LogP contribution in [0.4, 0.5) is 14.7 Å². The first kappa shape index (κ1) is 17.4. The number of rotatable bonds is 4. The van der Waals surface area contributed by atoms with E-state index in [1.54, 1.807) is 0 Å². The van der Waals surface area contributed by atoms with Crippen LogP contribution in [0.15, 0.2) is 42.6 Å². The zero-order chi connectivity index (χ0) is 18.8.